The lowest BCUT2D eigenvalue weighted by Crippen LogP contribution is -2.23. The number of rotatable bonds is 5. The first-order valence-corrected chi connectivity index (χ1v) is 7.18. The summed E-state index contributed by atoms with van der Waals surface area (Å²) in [7, 11) is 0. The second kappa shape index (κ2) is 7.57. The average Bonchev–Trinajstić information content (AvgIpc) is 2.54. The van der Waals surface area contributed by atoms with Crippen molar-refractivity contribution in [3.8, 4) is 0 Å². The molecule has 0 amide bonds. The molecule has 0 fully saturated rings. The zero-order valence-corrected chi connectivity index (χ0v) is 12.8. The van der Waals surface area contributed by atoms with Crippen LogP contribution in [-0.4, -0.2) is 17.9 Å². The van der Waals surface area contributed by atoms with Gasteiger partial charge in [-0.2, -0.15) is 0 Å². The third kappa shape index (κ3) is 4.30. The Morgan fingerprint density at radius 2 is 1.68 bits per heavy atom. The lowest BCUT2D eigenvalue weighted by Gasteiger charge is -2.10. The van der Waals surface area contributed by atoms with Crippen LogP contribution in [0.25, 0.3) is 6.08 Å². The average molecular weight is 315 g/mol. The number of Topliss-reactive ketones (excluding diaryl/α,β-unsaturated/α-hetero) is 1. The number of esters is 1. The highest BCUT2D eigenvalue weighted by Crippen LogP contribution is 2.16. The number of halogens is 1. The van der Waals surface area contributed by atoms with Crippen molar-refractivity contribution >= 4 is 29.4 Å². The molecule has 0 aromatic heterocycles. The Labute approximate surface area is 134 Å². The molecule has 1 atom stereocenters. The van der Waals surface area contributed by atoms with Crippen LogP contribution in [-0.2, 0) is 9.53 Å². The SMILES string of the molecule is CC(OC(=O)/C=C/c1ccccc1Cl)C(=O)c1ccccc1. The minimum Gasteiger partial charge on any atom is -0.451 e. The summed E-state index contributed by atoms with van der Waals surface area (Å²) in [4.78, 5) is 23.9. The molecule has 2 aromatic carbocycles. The van der Waals surface area contributed by atoms with Gasteiger partial charge < -0.3 is 4.74 Å². The van der Waals surface area contributed by atoms with Crippen molar-refractivity contribution in [2.45, 2.75) is 13.0 Å². The Balaban J connectivity index is 1.97. The van der Waals surface area contributed by atoms with Gasteiger partial charge in [-0.1, -0.05) is 60.1 Å². The number of carbonyl (C=O) groups is 2. The maximum absolute atomic E-state index is 12.1. The molecule has 0 aliphatic rings. The number of hydrogen-bond acceptors (Lipinski definition) is 3. The molecule has 0 aliphatic carbocycles. The third-order valence-corrected chi connectivity index (χ3v) is 3.37. The summed E-state index contributed by atoms with van der Waals surface area (Å²) < 4.78 is 5.11. The van der Waals surface area contributed by atoms with Gasteiger partial charge in [0.1, 0.15) is 0 Å². The van der Waals surface area contributed by atoms with Gasteiger partial charge in [-0.3, -0.25) is 4.79 Å². The van der Waals surface area contributed by atoms with Crippen LogP contribution < -0.4 is 0 Å². The smallest absolute Gasteiger partial charge is 0.331 e. The van der Waals surface area contributed by atoms with E-state index in [9.17, 15) is 9.59 Å². The largest absolute Gasteiger partial charge is 0.451 e. The molecular formula is C18H15ClO3. The van der Waals surface area contributed by atoms with E-state index in [0.29, 0.717) is 16.1 Å². The summed E-state index contributed by atoms with van der Waals surface area (Å²) in [6.45, 7) is 1.55. The van der Waals surface area contributed by atoms with Gasteiger partial charge >= 0.3 is 5.97 Å². The molecule has 0 bridgehead atoms. The standard InChI is InChI=1S/C18H15ClO3/c1-13(18(21)15-8-3-2-4-9-15)22-17(20)12-11-14-7-5-6-10-16(14)19/h2-13H,1H3/b12-11+. The van der Waals surface area contributed by atoms with Gasteiger partial charge in [-0.05, 0) is 24.6 Å². The predicted octanol–water partition coefficient (Wildman–Crippen LogP) is 4.17. The van der Waals surface area contributed by atoms with Crippen molar-refractivity contribution in [1.29, 1.82) is 0 Å². The first-order chi connectivity index (χ1) is 10.6. The van der Waals surface area contributed by atoms with Crippen molar-refractivity contribution in [2.24, 2.45) is 0 Å². The molecule has 1 unspecified atom stereocenters. The highest BCUT2D eigenvalue weighted by Gasteiger charge is 2.17. The van der Waals surface area contributed by atoms with Crippen LogP contribution in [0.1, 0.15) is 22.8 Å². The van der Waals surface area contributed by atoms with E-state index in [1.54, 1.807) is 55.5 Å². The van der Waals surface area contributed by atoms with Crippen LogP contribution in [0.2, 0.25) is 5.02 Å². The van der Waals surface area contributed by atoms with Gasteiger partial charge in [0, 0.05) is 16.7 Å². The van der Waals surface area contributed by atoms with Gasteiger partial charge in [0.2, 0.25) is 5.78 Å². The second-order valence-electron chi connectivity index (χ2n) is 4.66. The van der Waals surface area contributed by atoms with Gasteiger partial charge in [-0.25, -0.2) is 4.79 Å². The molecule has 0 radical (unpaired) electrons. The molecule has 0 aliphatic heterocycles. The van der Waals surface area contributed by atoms with E-state index in [-0.39, 0.29) is 5.78 Å². The molecule has 0 saturated carbocycles. The summed E-state index contributed by atoms with van der Waals surface area (Å²) in [5, 5.41) is 0.542. The van der Waals surface area contributed by atoms with E-state index in [1.165, 1.54) is 6.08 Å². The fraction of sp³-hybridized carbons (Fsp3) is 0.111. The number of ketones is 1. The van der Waals surface area contributed by atoms with Crippen molar-refractivity contribution in [1.82, 2.24) is 0 Å². The molecule has 0 heterocycles. The van der Waals surface area contributed by atoms with E-state index in [1.807, 2.05) is 12.1 Å². The van der Waals surface area contributed by atoms with Gasteiger partial charge in [0.25, 0.3) is 0 Å². The molecular weight excluding hydrogens is 300 g/mol. The first-order valence-electron chi connectivity index (χ1n) is 6.80. The lowest BCUT2D eigenvalue weighted by atomic mass is 10.1. The van der Waals surface area contributed by atoms with Crippen LogP contribution in [0.4, 0.5) is 0 Å². The zero-order chi connectivity index (χ0) is 15.9. The maximum atomic E-state index is 12.1. The molecule has 0 spiro atoms. The number of carbonyl (C=O) groups excluding carboxylic acids is 2. The van der Waals surface area contributed by atoms with E-state index in [2.05, 4.69) is 0 Å². The van der Waals surface area contributed by atoms with Gasteiger partial charge in [0.15, 0.2) is 6.10 Å². The normalized spacial score (nSPS) is 12.1. The Hall–Kier alpha value is -2.39. The minimum absolute atomic E-state index is 0.236. The fourth-order valence-corrected chi connectivity index (χ4v) is 2.07. The summed E-state index contributed by atoms with van der Waals surface area (Å²) >= 11 is 5.99. The van der Waals surface area contributed by atoms with E-state index in [4.69, 9.17) is 16.3 Å². The Kier molecular flexibility index (Phi) is 5.50. The molecule has 112 valence electrons. The van der Waals surface area contributed by atoms with E-state index >= 15 is 0 Å². The zero-order valence-electron chi connectivity index (χ0n) is 12.0. The van der Waals surface area contributed by atoms with Crippen molar-refractivity contribution < 1.29 is 14.3 Å². The summed E-state index contributed by atoms with van der Waals surface area (Å²) in [5.41, 5.74) is 1.22. The summed E-state index contributed by atoms with van der Waals surface area (Å²) in [6.07, 6.45) is 1.98. The van der Waals surface area contributed by atoms with Crippen molar-refractivity contribution in [2.75, 3.05) is 0 Å². The molecule has 2 rings (SSSR count). The van der Waals surface area contributed by atoms with Crippen LogP contribution in [0.15, 0.2) is 60.7 Å². The molecule has 22 heavy (non-hydrogen) atoms. The molecule has 0 saturated heterocycles. The van der Waals surface area contributed by atoms with Crippen LogP contribution in [0.5, 0.6) is 0 Å². The topological polar surface area (TPSA) is 43.4 Å². The molecule has 3 nitrogen and oxygen atoms in total. The third-order valence-electron chi connectivity index (χ3n) is 3.02. The monoisotopic (exact) mass is 314 g/mol. The van der Waals surface area contributed by atoms with Gasteiger partial charge in [-0.15, -0.1) is 0 Å². The number of hydrogen-bond donors (Lipinski definition) is 0. The summed E-state index contributed by atoms with van der Waals surface area (Å²) in [5.74, 6) is -0.822. The Morgan fingerprint density at radius 3 is 2.36 bits per heavy atom. The highest BCUT2D eigenvalue weighted by molar-refractivity contribution is 6.32. The van der Waals surface area contributed by atoms with Gasteiger partial charge in [0.05, 0.1) is 0 Å². The Bertz CT molecular complexity index is 692. The van der Waals surface area contributed by atoms with Crippen LogP contribution >= 0.6 is 11.6 Å². The Morgan fingerprint density at radius 1 is 1.05 bits per heavy atom. The van der Waals surface area contributed by atoms with E-state index in [0.717, 1.165) is 0 Å². The lowest BCUT2D eigenvalue weighted by molar-refractivity contribution is -0.140. The quantitative estimate of drug-likeness (QED) is 0.472. The van der Waals surface area contributed by atoms with Crippen molar-refractivity contribution in [3.05, 3.63) is 76.8 Å². The minimum atomic E-state index is -0.842. The van der Waals surface area contributed by atoms with E-state index < -0.39 is 12.1 Å². The van der Waals surface area contributed by atoms with Crippen LogP contribution in [0, 0.1) is 0 Å². The first kappa shape index (κ1) is 16.0. The van der Waals surface area contributed by atoms with Crippen LogP contribution in [0.3, 0.4) is 0 Å². The van der Waals surface area contributed by atoms with Crippen molar-refractivity contribution in [3.63, 3.8) is 0 Å². The highest BCUT2D eigenvalue weighted by atomic mass is 35.5. The summed E-state index contributed by atoms with van der Waals surface area (Å²) in [6, 6.07) is 15.9. The predicted molar refractivity (Wildman–Crippen MR) is 86.8 cm³/mol. The fourth-order valence-electron chi connectivity index (χ4n) is 1.87. The number of benzene rings is 2. The number of ether oxygens (including phenoxy) is 1. The maximum Gasteiger partial charge on any atom is 0.331 e. The molecule has 0 N–H and O–H groups in total. The molecule has 4 heteroatoms. The second-order valence-corrected chi connectivity index (χ2v) is 5.07. The molecule has 2 aromatic rings.